The van der Waals surface area contributed by atoms with Gasteiger partial charge >= 0.3 is 0 Å². The molecule has 8 heteroatoms. The van der Waals surface area contributed by atoms with Crippen LogP contribution in [0.1, 0.15) is 50.1 Å². The fourth-order valence-corrected chi connectivity index (χ4v) is 6.35. The van der Waals surface area contributed by atoms with E-state index in [9.17, 15) is 17.6 Å². The molecule has 2 aliphatic heterocycles. The van der Waals surface area contributed by atoms with Gasteiger partial charge in [0.25, 0.3) is 0 Å². The van der Waals surface area contributed by atoms with E-state index in [0.29, 0.717) is 12.8 Å². The summed E-state index contributed by atoms with van der Waals surface area (Å²) in [6.07, 6.45) is 5.07. The third-order valence-corrected chi connectivity index (χ3v) is 8.70. The minimum atomic E-state index is -3.69. The molecule has 0 radical (unpaired) electrons. The average Bonchev–Trinajstić information content (AvgIpc) is 3.10. The highest BCUT2D eigenvalue weighted by atomic mass is 32.2. The molecule has 2 aromatic carbocycles. The molecule has 1 unspecified atom stereocenters. The Morgan fingerprint density at radius 3 is 2.21 bits per heavy atom. The Morgan fingerprint density at radius 2 is 1.58 bits per heavy atom. The lowest BCUT2D eigenvalue weighted by molar-refractivity contribution is -0.139. The zero-order valence-corrected chi connectivity index (χ0v) is 19.8. The van der Waals surface area contributed by atoms with Crippen molar-refractivity contribution in [1.82, 2.24) is 9.21 Å². The molecule has 2 fully saturated rings. The van der Waals surface area contributed by atoms with E-state index in [1.54, 1.807) is 7.11 Å². The van der Waals surface area contributed by atoms with Crippen molar-refractivity contribution in [3.05, 3.63) is 59.9 Å². The van der Waals surface area contributed by atoms with Crippen LogP contribution in [-0.2, 0) is 14.8 Å². The Balaban J connectivity index is 1.45. The summed E-state index contributed by atoms with van der Waals surface area (Å²) >= 11 is 0. The number of amides is 1. The number of ether oxygens (including phenoxy) is 1. The number of hydrogen-bond donors (Lipinski definition) is 0. The maximum atomic E-state index is 13.6. The lowest BCUT2D eigenvalue weighted by atomic mass is 9.94. The summed E-state index contributed by atoms with van der Waals surface area (Å²) in [5.41, 5.74) is 1.11. The van der Waals surface area contributed by atoms with Crippen molar-refractivity contribution in [3.8, 4) is 5.75 Å². The molecule has 1 atom stereocenters. The van der Waals surface area contributed by atoms with E-state index in [0.717, 1.165) is 55.7 Å². The summed E-state index contributed by atoms with van der Waals surface area (Å²) in [7, 11) is -2.05. The van der Waals surface area contributed by atoms with Crippen molar-refractivity contribution in [3.63, 3.8) is 0 Å². The molecule has 1 amide bonds. The normalized spacial score (nSPS) is 20.9. The molecule has 178 valence electrons. The fourth-order valence-electron chi connectivity index (χ4n) is 4.88. The lowest BCUT2D eigenvalue weighted by Gasteiger charge is -2.37. The standard InChI is InChI=1S/C25H31FN2O4S/c1-32-22-10-6-19(7-11-22)24-5-3-2-4-16-28(24)25(29)20-14-17-27(18-15-20)33(30,31)23-12-8-21(26)9-13-23/h6-13,20,24H,2-5,14-18H2,1H3. The Kier molecular flexibility index (Phi) is 7.34. The SMILES string of the molecule is COc1ccc(C2CCCCCN2C(=O)C2CCN(S(=O)(=O)c3ccc(F)cc3)CC2)cc1. The summed E-state index contributed by atoms with van der Waals surface area (Å²) in [6, 6.07) is 12.9. The van der Waals surface area contributed by atoms with Crippen LogP contribution in [0.4, 0.5) is 4.39 Å². The van der Waals surface area contributed by atoms with Gasteiger partial charge in [-0.05, 0) is 67.6 Å². The van der Waals surface area contributed by atoms with Gasteiger partial charge in [0.15, 0.2) is 0 Å². The van der Waals surface area contributed by atoms with E-state index in [1.165, 1.54) is 16.4 Å². The Labute approximate surface area is 195 Å². The summed E-state index contributed by atoms with van der Waals surface area (Å²) < 4.78 is 45.7. The van der Waals surface area contributed by atoms with Crippen LogP contribution >= 0.6 is 0 Å². The number of nitrogens with zero attached hydrogens (tertiary/aromatic N) is 2. The monoisotopic (exact) mass is 474 g/mol. The second-order valence-corrected chi connectivity index (χ2v) is 10.7. The number of rotatable bonds is 5. The smallest absolute Gasteiger partial charge is 0.243 e. The van der Waals surface area contributed by atoms with Crippen LogP contribution < -0.4 is 4.74 Å². The fraction of sp³-hybridized carbons (Fsp3) is 0.480. The van der Waals surface area contributed by atoms with Crippen LogP contribution in [0.25, 0.3) is 0 Å². The van der Waals surface area contributed by atoms with Crippen molar-refractivity contribution >= 4 is 15.9 Å². The molecule has 6 nitrogen and oxygen atoms in total. The van der Waals surface area contributed by atoms with E-state index in [-0.39, 0.29) is 35.9 Å². The Hall–Kier alpha value is -2.45. The Morgan fingerprint density at radius 1 is 0.909 bits per heavy atom. The lowest BCUT2D eigenvalue weighted by Crippen LogP contribution is -2.45. The number of hydrogen-bond acceptors (Lipinski definition) is 4. The maximum absolute atomic E-state index is 13.6. The van der Waals surface area contributed by atoms with E-state index < -0.39 is 15.8 Å². The first-order chi connectivity index (χ1) is 15.9. The molecule has 2 aromatic rings. The van der Waals surface area contributed by atoms with Gasteiger partial charge in [-0.2, -0.15) is 4.31 Å². The summed E-state index contributed by atoms with van der Waals surface area (Å²) in [5.74, 6) is 0.252. The third-order valence-electron chi connectivity index (χ3n) is 6.79. The molecule has 33 heavy (non-hydrogen) atoms. The first-order valence-electron chi connectivity index (χ1n) is 11.6. The van der Waals surface area contributed by atoms with Crippen LogP contribution in [0.3, 0.4) is 0 Å². The molecule has 2 aliphatic rings. The first kappa shape index (κ1) is 23.7. The van der Waals surface area contributed by atoms with Crippen molar-refractivity contribution < 1.29 is 22.3 Å². The zero-order valence-electron chi connectivity index (χ0n) is 19.0. The van der Waals surface area contributed by atoms with Gasteiger partial charge in [0.2, 0.25) is 15.9 Å². The van der Waals surface area contributed by atoms with Crippen LogP contribution in [0.2, 0.25) is 0 Å². The van der Waals surface area contributed by atoms with Gasteiger partial charge in [0.05, 0.1) is 18.0 Å². The van der Waals surface area contributed by atoms with E-state index in [2.05, 4.69) is 0 Å². The van der Waals surface area contributed by atoms with Gasteiger partial charge in [0, 0.05) is 25.6 Å². The summed E-state index contributed by atoms with van der Waals surface area (Å²) in [4.78, 5) is 15.7. The number of likely N-dealkylation sites (tertiary alicyclic amines) is 1. The quantitative estimate of drug-likeness (QED) is 0.645. The first-order valence-corrected chi connectivity index (χ1v) is 13.0. The molecule has 0 aliphatic carbocycles. The molecular weight excluding hydrogens is 443 g/mol. The van der Waals surface area contributed by atoms with Crippen LogP contribution in [0.15, 0.2) is 53.4 Å². The van der Waals surface area contributed by atoms with Gasteiger partial charge in [-0.15, -0.1) is 0 Å². The van der Waals surface area contributed by atoms with Crippen LogP contribution in [0.5, 0.6) is 5.75 Å². The van der Waals surface area contributed by atoms with E-state index >= 15 is 0 Å². The van der Waals surface area contributed by atoms with E-state index in [1.807, 2.05) is 29.2 Å². The van der Waals surface area contributed by atoms with Gasteiger partial charge in [-0.3, -0.25) is 4.79 Å². The summed E-state index contributed by atoms with van der Waals surface area (Å²) in [6.45, 7) is 1.30. The largest absolute Gasteiger partial charge is 0.497 e. The maximum Gasteiger partial charge on any atom is 0.243 e. The second-order valence-electron chi connectivity index (χ2n) is 8.80. The predicted octanol–water partition coefficient (Wildman–Crippen LogP) is 4.38. The van der Waals surface area contributed by atoms with Crippen molar-refractivity contribution in [2.24, 2.45) is 5.92 Å². The number of sulfonamides is 1. The number of piperidine rings is 1. The third kappa shape index (κ3) is 5.22. The minimum Gasteiger partial charge on any atom is -0.497 e. The number of halogens is 1. The molecule has 0 aromatic heterocycles. The molecular formula is C25H31FN2O4S. The molecule has 0 spiro atoms. The van der Waals surface area contributed by atoms with Crippen LogP contribution in [0, 0.1) is 11.7 Å². The second kappa shape index (κ2) is 10.2. The highest BCUT2D eigenvalue weighted by molar-refractivity contribution is 7.89. The molecule has 2 heterocycles. The van der Waals surface area contributed by atoms with Gasteiger partial charge in [-0.1, -0.05) is 25.0 Å². The number of methoxy groups -OCH3 is 1. The number of carbonyl (C=O) groups is 1. The number of carbonyl (C=O) groups excluding carboxylic acids is 1. The van der Waals surface area contributed by atoms with Crippen molar-refractivity contribution in [2.45, 2.75) is 49.5 Å². The molecule has 4 rings (SSSR count). The summed E-state index contributed by atoms with van der Waals surface area (Å²) in [5, 5.41) is 0. The zero-order chi connectivity index (χ0) is 23.4. The molecule has 0 N–H and O–H groups in total. The van der Waals surface area contributed by atoms with Crippen molar-refractivity contribution in [1.29, 1.82) is 0 Å². The highest BCUT2D eigenvalue weighted by Crippen LogP contribution is 2.34. The van der Waals surface area contributed by atoms with Gasteiger partial charge in [-0.25, -0.2) is 12.8 Å². The highest BCUT2D eigenvalue weighted by Gasteiger charge is 2.36. The topological polar surface area (TPSA) is 66.9 Å². The molecule has 0 bridgehead atoms. The molecule has 2 saturated heterocycles. The minimum absolute atomic E-state index is 0.0342. The van der Waals surface area contributed by atoms with Crippen LogP contribution in [-0.4, -0.2) is 50.3 Å². The van der Waals surface area contributed by atoms with Crippen molar-refractivity contribution in [2.75, 3.05) is 26.7 Å². The van der Waals surface area contributed by atoms with Gasteiger partial charge < -0.3 is 9.64 Å². The number of benzene rings is 2. The Bertz CT molecular complexity index is 1050. The predicted molar refractivity (Wildman–Crippen MR) is 124 cm³/mol. The molecule has 0 saturated carbocycles. The average molecular weight is 475 g/mol. The van der Waals surface area contributed by atoms with E-state index in [4.69, 9.17) is 4.74 Å². The van der Waals surface area contributed by atoms with Gasteiger partial charge in [0.1, 0.15) is 11.6 Å².